The van der Waals surface area contributed by atoms with Crippen molar-refractivity contribution in [3.05, 3.63) is 59.4 Å². The Bertz CT molecular complexity index is 704. The molecule has 1 heterocycles. The highest BCUT2D eigenvalue weighted by molar-refractivity contribution is 6.32. The second-order valence-corrected chi connectivity index (χ2v) is 4.70. The van der Waals surface area contributed by atoms with Gasteiger partial charge in [0.2, 0.25) is 0 Å². The zero-order valence-electron chi connectivity index (χ0n) is 9.48. The lowest BCUT2D eigenvalue weighted by Crippen LogP contribution is -1.93. The molecule has 0 saturated heterocycles. The molecular weight excluding hydrogens is 267 g/mol. The van der Waals surface area contributed by atoms with Crippen LogP contribution in [0.4, 0.5) is 0 Å². The van der Waals surface area contributed by atoms with Crippen LogP contribution in [0.1, 0.15) is 5.56 Å². The Kier molecular flexibility index (Phi) is 2.98. The zero-order chi connectivity index (χ0) is 12.5. The minimum absolute atomic E-state index is 0.463. The number of hydrogen-bond donors (Lipinski definition) is 0. The van der Waals surface area contributed by atoms with Crippen molar-refractivity contribution in [1.82, 2.24) is 9.55 Å². The summed E-state index contributed by atoms with van der Waals surface area (Å²) in [6.07, 6.45) is 1.78. The van der Waals surface area contributed by atoms with E-state index in [2.05, 4.69) is 4.98 Å². The monoisotopic (exact) mass is 276 g/mol. The standard InChI is InChI=1S/C14H10Cl2N2/c15-8-10-5-6-13(11(16)7-10)18-9-17-12-3-1-2-4-14(12)18/h1-7,9H,8H2. The van der Waals surface area contributed by atoms with Crippen molar-refractivity contribution in [2.75, 3.05) is 0 Å². The molecule has 2 aromatic carbocycles. The molecule has 0 spiro atoms. The first kappa shape index (κ1) is 11.6. The van der Waals surface area contributed by atoms with E-state index in [-0.39, 0.29) is 0 Å². The first-order valence-corrected chi connectivity index (χ1v) is 6.47. The van der Waals surface area contributed by atoms with Crippen molar-refractivity contribution < 1.29 is 0 Å². The molecule has 0 unspecified atom stereocenters. The molecule has 4 heteroatoms. The smallest absolute Gasteiger partial charge is 0.100 e. The van der Waals surface area contributed by atoms with Crippen LogP contribution in [0.25, 0.3) is 16.7 Å². The number of halogens is 2. The number of nitrogens with zero attached hydrogens (tertiary/aromatic N) is 2. The van der Waals surface area contributed by atoms with E-state index in [1.165, 1.54) is 0 Å². The first-order chi connectivity index (χ1) is 8.79. The zero-order valence-corrected chi connectivity index (χ0v) is 11.0. The van der Waals surface area contributed by atoms with Crippen LogP contribution in [-0.4, -0.2) is 9.55 Å². The number of alkyl halides is 1. The number of rotatable bonds is 2. The van der Waals surface area contributed by atoms with Gasteiger partial charge in [-0.1, -0.05) is 29.8 Å². The molecule has 0 radical (unpaired) electrons. The molecule has 0 aliphatic rings. The van der Waals surface area contributed by atoms with Gasteiger partial charge >= 0.3 is 0 Å². The van der Waals surface area contributed by atoms with Crippen molar-refractivity contribution >= 4 is 34.2 Å². The van der Waals surface area contributed by atoms with E-state index in [0.717, 1.165) is 22.3 Å². The maximum absolute atomic E-state index is 6.29. The van der Waals surface area contributed by atoms with Crippen molar-refractivity contribution in [3.8, 4) is 5.69 Å². The summed E-state index contributed by atoms with van der Waals surface area (Å²) in [5, 5.41) is 0.677. The fourth-order valence-electron chi connectivity index (χ4n) is 1.98. The van der Waals surface area contributed by atoms with Gasteiger partial charge in [0.1, 0.15) is 6.33 Å². The quantitative estimate of drug-likeness (QED) is 0.634. The summed E-state index contributed by atoms with van der Waals surface area (Å²) in [4.78, 5) is 4.36. The molecule has 0 bridgehead atoms. The van der Waals surface area contributed by atoms with Gasteiger partial charge in [0.25, 0.3) is 0 Å². The minimum atomic E-state index is 0.463. The highest BCUT2D eigenvalue weighted by Gasteiger charge is 2.07. The molecule has 0 fully saturated rings. The third-order valence-electron chi connectivity index (χ3n) is 2.88. The number of fused-ring (bicyclic) bond motifs is 1. The molecule has 0 aliphatic carbocycles. The van der Waals surface area contributed by atoms with Gasteiger partial charge in [0, 0.05) is 5.88 Å². The van der Waals surface area contributed by atoms with Crippen molar-refractivity contribution in [2.45, 2.75) is 5.88 Å². The van der Waals surface area contributed by atoms with Gasteiger partial charge in [-0.2, -0.15) is 0 Å². The summed E-state index contributed by atoms with van der Waals surface area (Å²) >= 11 is 12.1. The van der Waals surface area contributed by atoms with E-state index >= 15 is 0 Å². The average Bonchev–Trinajstić information content (AvgIpc) is 2.82. The van der Waals surface area contributed by atoms with Crippen LogP contribution in [0, 0.1) is 0 Å². The molecule has 3 rings (SSSR count). The first-order valence-electron chi connectivity index (χ1n) is 5.56. The largest absolute Gasteiger partial charge is 0.297 e. The second kappa shape index (κ2) is 4.63. The number of imidazole rings is 1. The highest BCUT2D eigenvalue weighted by atomic mass is 35.5. The number of hydrogen-bond acceptors (Lipinski definition) is 1. The Morgan fingerprint density at radius 2 is 1.94 bits per heavy atom. The van der Waals surface area contributed by atoms with Gasteiger partial charge < -0.3 is 0 Å². The van der Waals surface area contributed by atoms with Gasteiger partial charge in [-0.15, -0.1) is 11.6 Å². The molecule has 0 N–H and O–H groups in total. The summed E-state index contributed by atoms with van der Waals surface area (Å²) in [6, 6.07) is 13.8. The van der Waals surface area contributed by atoms with Crippen LogP contribution < -0.4 is 0 Å². The number of para-hydroxylation sites is 2. The lowest BCUT2D eigenvalue weighted by atomic mass is 10.2. The Labute approximate surface area is 115 Å². The topological polar surface area (TPSA) is 17.8 Å². The van der Waals surface area contributed by atoms with E-state index in [9.17, 15) is 0 Å². The van der Waals surface area contributed by atoms with E-state index < -0.39 is 0 Å². The average molecular weight is 277 g/mol. The molecular formula is C14H10Cl2N2. The van der Waals surface area contributed by atoms with Gasteiger partial charge in [0.15, 0.2) is 0 Å². The van der Waals surface area contributed by atoms with E-state index in [4.69, 9.17) is 23.2 Å². The van der Waals surface area contributed by atoms with Crippen molar-refractivity contribution in [1.29, 1.82) is 0 Å². The van der Waals surface area contributed by atoms with Gasteiger partial charge in [0.05, 0.1) is 21.7 Å². The van der Waals surface area contributed by atoms with E-state index in [1.54, 1.807) is 6.33 Å². The summed E-state index contributed by atoms with van der Waals surface area (Å²) in [6.45, 7) is 0. The molecule has 2 nitrogen and oxygen atoms in total. The fourth-order valence-corrected chi connectivity index (χ4v) is 2.44. The Hall–Kier alpha value is -1.51. The van der Waals surface area contributed by atoms with Crippen LogP contribution >= 0.6 is 23.2 Å². The van der Waals surface area contributed by atoms with E-state index in [0.29, 0.717) is 10.9 Å². The summed E-state index contributed by atoms with van der Waals surface area (Å²) in [7, 11) is 0. The molecule has 0 aliphatic heterocycles. The molecule has 90 valence electrons. The van der Waals surface area contributed by atoms with Crippen molar-refractivity contribution in [3.63, 3.8) is 0 Å². The minimum Gasteiger partial charge on any atom is -0.297 e. The third-order valence-corrected chi connectivity index (χ3v) is 3.49. The predicted octanol–water partition coefficient (Wildman–Crippen LogP) is 4.42. The summed E-state index contributed by atoms with van der Waals surface area (Å²) in [5.41, 5.74) is 3.92. The van der Waals surface area contributed by atoms with Crippen LogP contribution in [0.15, 0.2) is 48.8 Å². The Balaban J connectivity index is 2.20. The van der Waals surface area contributed by atoms with Crippen LogP contribution in [0.5, 0.6) is 0 Å². The number of benzene rings is 2. The number of aromatic nitrogens is 2. The molecule has 0 amide bonds. The van der Waals surface area contributed by atoms with Crippen LogP contribution in [0.2, 0.25) is 5.02 Å². The highest BCUT2D eigenvalue weighted by Crippen LogP contribution is 2.26. The maximum atomic E-state index is 6.29. The Morgan fingerprint density at radius 3 is 2.72 bits per heavy atom. The molecule has 1 aromatic heterocycles. The molecule has 0 atom stereocenters. The second-order valence-electron chi connectivity index (χ2n) is 4.02. The van der Waals surface area contributed by atoms with Crippen LogP contribution in [0.3, 0.4) is 0 Å². The Morgan fingerprint density at radius 1 is 1.11 bits per heavy atom. The third kappa shape index (κ3) is 1.88. The van der Waals surface area contributed by atoms with Gasteiger partial charge in [-0.05, 0) is 29.8 Å². The van der Waals surface area contributed by atoms with Gasteiger partial charge in [-0.25, -0.2) is 4.98 Å². The fraction of sp³-hybridized carbons (Fsp3) is 0.0714. The van der Waals surface area contributed by atoms with Gasteiger partial charge in [-0.3, -0.25) is 4.57 Å². The maximum Gasteiger partial charge on any atom is 0.100 e. The summed E-state index contributed by atoms with van der Waals surface area (Å²) < 4.78 is 1.98. The lowest BCUT2D eigenvalue weighted by Gasteiger charge is -2.08. The molecule has 18 heavy (non-hydrogen) atoms. The summed E-state index contributed by atoms with van der Waals surface area (Å²) in [5.74, 6) is 0.463. The lowest BCUT2D eigenvalue weighted by molar-refractivity contribution is 1.09. The normalized spacial score (nSPS) is 11.0. The SMILES string of the molecule is ClCc1ccc(-n2cnc3ccccc32)c(Cl)c1. The van der Waals surface area contributed by atoms with E-state index in [1.807, 2.05) is 47.0 Å². The van der Waals surface area contributed by atoms with Crippen LogP contribution in [-0.2, 0) is 5.88 Å². The van der Waals surface area contributed by atoms with Crippen molar-refractivity contribution in [2.24, 2.45) is 0 Å². The molecule has 3 aromatic rings. The predicted molar refractivity (Wildman–Crippen MR) is 75.6 cm³/mol. The molecule has 0 saturated carbocycles.